The summed E-state index contributed by atoms with van der Waals surface area (Å²) in [7, 11) is 1.42. The van der Waals surface area contributed by atoms with Gasteiger partial charge in [-0.15, -0.1) is 0 Å². The molecule has 2 saturated heterocycles. The Bertz CT molecular complexity index is 841. The zero-order valence-corrected chi connectivity index (χ0v) is 19.9. The van der Waals surface area contributed by atoms with Crippen molar-refractivity contribution < 1.29 is 32.2 Å². The summed E-state index contributed by atoms with van der Waals surface area (Å²) in [4.78, 5) is 36.3. The predicted octanol–water partition coefficient (Wildman–Crippen LogP) is -0.0286. The highest BCUT2D eigenvalue weighted by Gasteiger charge is 2.51. The first-order valence-corrected chi connectivity index (χ1v) is 11.5. The quantitative estimate of drug-likeness (QED) is 0.363. The highest BCUT2D eigenvalue weighted by Crippen LogP contribution is 2.30. The molecular weight excluding hydrogens is 495 g/mol. The van der Waals surface area contributed by atoms with Gasteiger partial charge in [-0.1, -0.05) is 11.6 Å². The summed E-state index contributed by atoms with van der Waals surface area (Å²) in [6.07, 6.45) is -1.50. The van der Waals surface area contributed by atoms with Crippen LogP contribution in [0.5, 0.6) is 0 Å². The van der Waals surface area contributed by atoms with Crippen molar-refractivity contribution in [2.45, 2.75) is 24.7 Å². The number of hydrogen-bond donors (Lipinski definition) is 3. The molecule has 3 rings (SSSR count). The average molecular weight is 524 g/mol. The molecule has 3 heterocycles. The van der Waals surface area contributed by atoms with E-state index < -0.39 is 30.1 Å². The molecular formula is C20H29ClF3N7O4. The number of anilines is 1. The monoisotopic (exact) mass is 523 g/mol. The molecule has 2 aliphatic rings. The van der Waals surface area contributed by atoms with Crippen LogP contribution in [0.2, 0.25) is 5.15 Å². The lowest BCUT2D eigenvalue weighted by Gasteiger charge is -2.36. The largest absolute Gasteiger partial charge is 0.402 e. The van der Waals surface area contributed by atoms with Gasteiger partial charge in [-0.3, -0.25) is 15.0 Å². The molecule has 11 nitrogen and oxygen atoms in total. The maximum absolute atomic E-state index is 13.3. The smallest absolute Gasteiger partial charge is 0.383 e. The molecule has 2 fully saturated rings. The van der Waals surface area contributed by atoms with E-state index in [9.17, 15) is 22.8 Å². The highest BCUT2D eigenvalue weighted by atomic mass is 35.5. The third-order valence-corrected chi connectivity index (χ3v) is 5.93. The van der Waals surface area contributed by atoms with E-state index in [0.29, 0.717) is 37.1 Å². The fourth-order valence-corrected chi connectivity index (χ4v) is 4.10. The molecule has 2 aliphatic heterocycles. The summed E-state index contributed by atoms with van der Waals surface area (Å²) in [6, 6.07) is -1.78. The molecule has 3 N–H and O–H groups in total. The van der Waals surface area contributed by atoms with Crippen molar-refractivity contribution >= 4 is 29.2 Å². The van der Waals surface area contributed by atoms with Gasteiger partial charge in [0.25, 0.3) is 0 Å². The van der Waals surface area contributed by atoms with E-state index in [0.717, 1.165) is 0 Å². The Morgan fingerprint density at radius 1 is 1.26 bits per heavy atom. The number of hydrogen-bond acceptors (Lipinski definition) is 9. The van der Waals surface area contributed by atoms with E-state index in [1.807, 2.05) is 10.3 Å². The maximum atomic E-state index is 13.3. The van der Waals surface area contributed by atoms with Crippen LogP contribution in [0.4, 0.5) is 19.0 Å². The van der Waals surface area contributed by atoms with Crippen LogP contribution in [0.3, 0.4) is 0 Å². The van der Waals surface area contributed by atoms with Gasteiger partial charge in [0, 0.05) is 45.9 Å². The average Bonchev–Trinajstić information content (AvgIpc) is 2.81. The number of alkyl halides is 3. The standard InChI is InChI=1S/C20H29ClF3N7O4/c1-34-11-13(28-14-8-27-29-19(33)18(14)20(22,23)24)12-35-7-2-17(32)31-5-3-30(4-6-31)16-10-25-15(21)9-26-16/h9-10,13-14,18,27-28H,2-8,11-12H2,1H3,(H,29,33)/t13-,14?,18?/m0/s1. The summed E-state index contributed by atoms with van der Waals surface area (Å²) in [5, 5.41) is 3.12. The van der Waals surface area contributed by atoms with Crippen LogP contribution in [0.15, 0.2) is 12.4 Å². The van der Waals surface area contributed by atoms with E-state index >= 15 is 0 Å². The number of ether oxygens (including phenoxy) is 2. The van der Waals surface area contributed by atoms with Crippen molar-refractivity contribution in [2.75, 3.05) is 64.6 Å². The first kappa shape index (κ1) is 27.3. The van der Waals surface area contributed by atoms with Gasteiger partial charge in [0.2, 0.25) is 11.8 Å². The van der Waals surface area contributed by atoms with Crippen molar-refractivity contribution in [3.05, 3.63) is 17.5 Å². The van der Waals surface area contributed by atoms with Gasteiger partial charge in [0.1, 0.15) is 11.0 Å². The van der Waals surface area contributed by atoms with Crippen LogP contribution in [0, 0.1) is 5.92 Å². The van der Waals surface area contributed by atoms with Crippen LogP contribution in [0.25, 0.3) is 0 Å². The third kappa shape index (κ3) is 7.87. The number of amides is 2. The molecule has 1 aromatic rings. The number of carbonyl (C=O) groups excluding carboxylic acids is 2. The minimum atomic E-state index is -4.70. The van der Waals surface area contributed by atoms with Crippen LogP contribution in [-0.2, 0) is 19.1 Å². The van der Waals surface area contributed by atoms with Gasteiger partial charge in [0.15, 0.2) is 5.92 Å². The topological polar surface area (TPSA) is 121 Å². The number of hydrazine groups is 1. The molecule has 0 saturated carbocycles. The van der Waals surface area contributed by atoms with Gasteiger partial charge in [-0.05, 0) is 0 Å². The molecule has 0 aromatic carbocycles. The number of methoxy groups -OCH3 is 1. The number of halogens is 4. The second kappa shape index (κ2) is 12.6. The van der Waals surface area contributed by atoms with Gasteiger partial charge in [0.05, 0.1) is 44.7 Å². The molecule has 35 heavy (non-hydrogen) atoms. The molecule has 2 amide bonds. The molecule has 1 aromatic heterocycles. The number of aromatic nitrogens is 2. The van der Waals surface area contributed by atoms with Gasteiger partial charge in [-0.2, -0.15) is 13.2 Å². The Kier molecular flexibility index (Phi) is 9.86. The zero-order chi connectivity index (χ0) is 25.4. The molecule has 0 bridgehead atoms. The van der Waals surface area contributed by atoms with Crippen molar-refractivity contribution in [1.82, 2.24) is 31.0 Å². The number of piperazine rings is 1. The Hall–Kier alpha value is -2.26. The second-order valence-electron chi connectivity index (χ2n) is 8.20. The molecule has 2 unspecified atom stereocenters. The summed E-state index contributed by atoms with van der Waals surface area (Å²) in [6.45, 7) is 2.34. The molecule has 0 radical (unpaired) electrons. The Balaban J connectivity index is 1.40. The van der Waals surface area contributed by atoms with Crippen LogP contribution < -0.4 is 21.1 Å². The summed E-state index contributed by atoms with van der Waals surface area (Å²) in [5.74, 6) is -2.72. The zero-order valence-electron chi connectivity index (χ0n) is 19.2. The van der Waals surface area contributed by atoms with E-state index in [-0.39, 0.29) is 38.7 Å². The Labute approximate surface area is 205 Å². The minimum Gasteiger partial charge on any atom is -0.383 e. The molecule has 196 valence electrons. The van der Waals surface area contributed by atoms with Crippen LogP contribution >= 0.6 is 11.6 Å². The van der Waals surface area contributed by atoms with Crippen molar-refractivity contribution in [1.29, 1.82) is 0 Å². The number of nitrogens with zero attached hydrogens (tertiary/aromatic N) is 4. The van der Waals surface area contributed by atoms with Crippen LogP contribution in [0.1, 0.15) is 6.42 Å². The molecule has 0 spiro atoms. The Morgan fingerprint density at radius 2 is 2.00 bits per heavy atom. The van der Waals surface area contributed by atoms with E-state index in [4.69, 9.17) is 21.1 Å². The predicted molar refractivity (Wildman–Crippen MR) is 120 cm³/mol. The number of carbonyl (C=O) groups is 2. The van der Waals surface area contributed by atoms with Crippen molar-refractivity contribution in [3.63, 3.8) is 0 Å². The first-order valence-electron chi connectivity index (χ1n) is 11.1. The van der Waals surface area contributed by atoms with Crippen LogP contribution in [-0.4, -0.2) is 105 Å². The fraction of sp³-hybridized carbons (Fsp3) is 0.700. The third-order valence-electron chi connectivity index (χ3n) is 5.73. The van der Waals surface area contributed by atoms with Crippen molar-refractivity contribution in [2.24, 2.45) is 5.92 Å². The van der Waals surface area contributed by atoms with E-state index in [2.05, 4.69) is 20.7 Å². The lowest BCUT2D eigenvalue weighted by Crippen LogP contribution is -2.65. The van der Waals surface area contributed by atoms with E-state index in [1.165, 1.54) is 13.3 Å². The summed E-state index contributed by atoms with van der Waals surface area (Å²) in [5.41, 5.74) is 4.47. The normalized spacial score (nSPS) is 22.1. The van der Waals surface area contributed by atoms with Gasteiger partial charge >= 0.3 is 6.18 Å². The summed E-state index contributed by atoms with van der Waals surface area (Å²) >= 11 is 5.76. The van der Waals surface area contributed by atoms with Crippen molar-refractivity contribution in [3.8, 4) is 0 Å². The van der Waals surface area contributed by atoms with Gasteiger partial charge in [-0.25, -0.2) is 15.4 Å². The summed E-state index contributed by atoms with van der Waals surface area (Å²) < 4.78 is 50.7. The lowest BCUT2D eigenvalue weighted by molar-refractivity contribution is -0.193. The molecule has 0 aliphatic carbocycles. The molecule has 3 atom stereocenters. The highest BCUT2D eigenvalue weighted by molar-refractivity contribution is 6.29. The fourth-order valence-electron chi connectivity index (χ4n) is 4.00. The minimum absolute atomic E-state index is 0.0207. The molecule has 15 heteroatoms. The Morgan fingerprint density at radius 3 is 2.63 bits per heavy atom. The maximum Gasteiger partial charge on any atom is 0.402 e. The SMILES string of the molecule is COC[C@@H](COCCC(=O)N1CCN(c2cnc(Cl)cn2)CC1)NC1CNNC(=O)C1C(F)(F)F. The first-order chi connectivity index (χ1) is 16.7. The van der Waals surface area contributed by atoms with E-state index in [1.54, 1.807) is 11.1 Å². The number of nitrogens with one attached hydrogen (secondary N) is 3. The lowest BCUT2D eigenvalue weighted by atomic mass is 9.96. The second-order valence-corrected chi connectivity index (χ2v) is 8.59. The number of rotatable bonds is 10. The van der Waals surface area contributed by atoms with Gasteiger partial charge < -0.3 is 24.6 Å².